The van der Waals surface area contributed by atoms with Gasteiger partial charge in [-0.05, 0) is 36.2 Å². The lowest BCUT2D eigenvalue weighted by Crippen LogP contribution is -2.29. The average Bonchev–Trinajstić information content (AvgIpc) is 3.32. The Labute approximate surface area is 177 Å². The highest BCUT2D eigenvalue weighted by molar-refractivity contribution is 8.13. The molecule has 29 heavy (non-hydrogen) atoms. The minimum Gasteiger partial charge on any atom is -0.276 e. The Kier molecular flexibility index (Phi) is 6.36. The van der Waals surface area contributed by atoms with Crippen LogP contribution in [-0.2, 0) is 10.0 Å². The first-order valence-corrected chi connectivity index (χ1v) is 12.3. The van der Waals surface area contributed by atoms with Crippen molar-refractivity contribution in [1.82, 2.24) is 4.98 Å². The molecule has 0 fully saturated rings. The Morgan fingerprint density at radius 2 is 1.83 bits per heavy atom. The highest BCUT2D eigenvalue weighted by atomic mass is 32.2. The van der Waals surface area contributed by atoms with Gasteiger partial charge in [0, 0.05) is 27.6 Å². The van der Waals surface area contributed by atoms with Crippen LogP contribution in [0, 0.1) is 0 Å². The molecule has 0 saturated carbocycles. The van der Waals surface area contributed by atoms with Crippen LogP contribution in [0.1, 0.15) is 9.30 Å². The molecule has 12 heteroatoms. The van der Waals surface area contributed by atoms with Crippen LogP contribution in [0.15, 0.2) is 41.1 Å². The fourth-order valence-electron chi connectivity index (χ4n) is 2.30. The second-order valence-electron chi connectivity index (χ2n) is 5.56. The monoisotopic (exact) mass is 479 g/mol. The molecule has 0 aliphatic carbocycles. The lowest BCUT2D eigenvalue weighted by molar-refractivity contribution is -0.219. The molecule has 154 valence electrons. The lowest BCUT2D eigenvalue weighted by atomic mass is 10.1. The quantitative estimate of drug-likeness (QED) is 0.493. The number of anilines is 1. The number of alkyl halides is 3. The molecule has 2 heterocycles. The van der Waals surface area contributed by atoms with E-state index in [1.807, 2.05) is 23.1 Å². The third-order valence-electron chi connectivity index (χ3n) is 3.66. The van der Waals surface area contributed by atoms with Crippen LogP contribution in [0.25, 0.3) is 21.8 Å². The first-order chi connectivity index (χ1) is 13.6. The Morgan fingerprint density at radius 1 is 1.14 bits per heavy atom. The molecular formula is C17H14F3N2O3S4+. The zero-order valence-electron chi connectivity index (χ0n) is 15.0. The molecule has 2 aromatic heterocycles. The van der Waals surface area contributed by atoms with Gasteiger partial charge in [-0.1, -0.05) is 12.1 Å². The predicted octanol–water partition coefficient (Wildman–Crippen LogP) is 5.47. The normalized spacial score (nSPS) is 12.9. The summed E-state index contributed by atoms with van der Waals surface area (Å²) in [5, 5.41) is 5.41. The first-order valence-electron chi connectivity index (χ1n) is 7.84. The number of aromatic nitrogens is 1. The molecule has 0 spiro atoms. The summed E-state index contributed by atoms with van der Waals surface area (Å²) in [5.41, 5.74) is -3.30. The zero-order chi connectivity index (χ0) is 21.2. The summed E-state index contributed by atoms with van der Waals surface area (Å²) in [4.78, 5) is 5.56. The summed E-state index contributed by atoms with van der Waals surface area (Å²) in [6, 6.07) is 7.53. The summed E-state index contributed by atoms with van der Waals surface area (Å²) in [6.07, 6.45) is 1.93. The topological polar surface area (TPSA) is 70.4 Å². The number of halogens is 3. The van der Waals surface area contributed by atoms with Crippen molar-refractivity contribution in [3.8, 4) is 21.8 Å². The Hall–Kier alpha value is -1.89. The van der Waals surface area contributed by atoms with E-state index in [1.54, 1.807) is 18.4 Å². The van der Waals surface area contributed by atoms with E-state index in [1.165, 1.54) is 52.1 Å². The van der Waals surface area contributed by atoms with Gasteiger partial charge < -0.3 is 0 Å². The molecule has 0 aliphatic heterocycles. The van der Waals surface area contributed by atoms with Gasteiger partial charge >= 0.3 is 20.6 Å². The number of carbonyl (C=O) groups excluding carboxylic acids is 1. The third-order valence-corrected chi connectivity index (χ3v) is 7.48. The van der Waals surface area contributed by atoms with Crippen LogP contribution in [0.3, 0.4) is 0 Å². The molecule has 0 atom stereocenters. The van der Waals surface area contributed by atoms with Gasteiger partial charge in [0.25, 0.3) is 7.11 Å². The molecule has 0 amide bonds. The Balaban J connectivity index is 1.79. The number of benzene rings is 1. The minimum atomic E-state index is -5.45. The van der Waals surface area contributed by atoms with E-state index in [9.17, 15) is 21.6 Å². The maximum atomic E-state index is 12.5. The van der Waals surface area contributed by atoms with Crippen molar-refractivity contribution in [3.05, 3.63) is 46.0 Å². The minimum absolute atomic E-state index is 0.177. The van der Waals surface area contributed by atoms with Crippen molar-refractivity contribution in [2.45, 2.75) is 5.51 Å². The number of thiazole rings is 1. The number of hydrogen-bond donors (Lipinski definition) is 1. The maximum Gasteiger partial charge on any atom is 0.516 e. The van der Waals surface area contributed by atoms with Crippen molar-refractivity contribution < 1.29 is 26.0 Å². The second kappa shape index (κ2) is 8.46. The number of thioether (sulfide) groups is 1. The van der Waals surface area contributed by atoms with Gasteiger partial charge in [0.15, 0.2) is 0 Å². The third kappa shape index (κ3) is 4.82. The van der Waals surface area contributed by atoms with E-state index in [0.29, 0.717) is 11.3 Å². The molecule has 3 aromatic rings. The molecule has 1 aromatic carbocycles. The van der Waals surface area contributed by atoms with Gasteiger partial charge in [0.2, 0.25) is 0 Å². The fourth-order valence-corrected chi connectivity index (χ4v) is 5.38. The summed E-state index contributed by atoms with van der Waals surface area (Å²) in [5.74, 6) is 0. The summed E-state index contributed by atoms with van der Waals surface area (Å²) >= 11 is 4.49. The highest BCUT2D eigenvalue weighted by Gasteiger charge is 2.46. The SMILES string of the molecule is C[O+]=C(SC)c1cc(-c2nc(-c3ccc(NS(=O)(=O)C(F)(F)F)cc3)cs2)cs1. The Morgan fingerprint density at radius 3 is 2.41 bits per heavy atom. The largest absolute Gasteiger partial charge is 0.516 e. The van der Waals surface area contributed by atoms with Crippen molar-refractivity contribution in [2.75, 3.05) is 18.1 Å². The zero-order valence-corrected chi connectivity index (χ0v) is 18.2. The van der Waals surface area contributed by atoms with Crippen LogP contribution in [-0.4, -0.2) is 37.4 Å². The van der Waals surface area contributed by atoms with Gasteiger partial charge in [0.05, 0.1) is 5.69 Å². The second-order valence-corrected chi connectivity index (χ2v) is 9.78. The van der Waals surface area contributed by atoms with Crippen molar-refractivity contribution in [2.24, 2.45) is 0 Å². The van der Waals surface area contributed by atoms with Gasteiger partial charge in [-0.15, -0.1) is 22.7 Å². The Bertz CT molecular complexity index is 1130. The lowest BCUT2D eigenvalue weighted by Gasteiger charge is -2.10. The average molecular weight is 480 g/mol. The molecule has 1 N–H and O–H groups in total. The highest BCUT2D eigenvalue weighted by Crippen LogP contribution is 2.33. The summed E-state index contributed by atoms with van der Waals surface area (Å²) in [6.45, 7) is 0. The van der Waals surface area contributed by atoms with E-state index in [0.717, 1.165) is 20.6 Å². The summed E-state index contributed by atoms with van der Waals surface area (Å²) in [7, 11) is -3.83. The number of sulfonamides is 1. The van der Waals surface area contributed by atoms with Gasteiger partial charge in [-0.3, -0.25) is 4.72 Å². The van der Waals surface area contributed by atoms with Gasteiger partial charge in [-0.25, -0.2) is 9.41 Å². The molecule has 5 nitrogen and oxygen atoms in total. The predicted molar refractivity (Wildman–Crippen MR) is 113 cm³/mol. The van der Waals surface area contributed by atoms with Crippen LogP contribution in [0.2, 0.25) is 0 Å². The summed E-state index contributed by atoms with van der Waals surface area (Å²) < 4.78 is 66.5. The first kappa shape index (κ1) is 21.8. The molecular weight excluding hydrogens is 465 g/mol. The van der Waals surface area contributed by atoms with Gasteiger partial charge in [-0.2, -0.15) is 21.6 Å². The fraction of sp³-hybridized carbons (Fsp3) is 0.176. The van der Waals surface area contributed by atoms with Crippen molar-refractivity contribution in [3.63, 3.8) is 0 Å². The number of nitrogens with one attached hydrogen (secondary N) is 1. The molecule has 0 unspecified atom stereocenters. The van der Waals surface area contributed by atoms with E-state index in [4.69, 9.17) is 4.42 Å². The number of hydrogen-bond acceptors (Lipinski definition) is 6. The number of thiophene rings is 1. The van der Waals surface area contributed by atoms with Crippen LogP contribution in [0.4, 0.5) is 18.9 Å². The van der Waals surface area contributed by atoms with Crippen molar-refractivity contribution in [1.29, 1.82) is 0 Å². The van der Waals surface area contributed by atoms with Gasteiger partial charge in [0.1, 0.15) is 9.88 Å². The molecule has 3 rings (SSSR count). The maximum absolute atomic E-state index is 12.5. The number of rotatable bonds is 5. The van der Waals surface area contributed by atoms with E-state index < -0.39 is 15.5 Å². The van der Waals surface area contributed by atoms with E-state index in [-0.39, 0.29) is 5.69 Å². The van der Waals surface area contributed by atoms with E-state index in [2.05, 4.69) is 4.98 Å². The molecule has 0 saturated heterocycles. The van der Waals surface area contributed by atoms with Crippen LogP contribution >= 0.6 is 34.4 Å². The smallest absolute Gasteiger partial charge is 0.276 e. The molecule has 0 radical (unpaired) electrons. The van der Waals surface area contributed by atoms with Crippen LogP contribution < -0.4 is 4.72 Å². The van der Waals surface area contributed by atoms with Crippen LogP contribution in [0.5, 0.6) is 0 Å². The molecule has 0 aliphatic rings. The number of nitrogens with zero attached hydrogens (tertiary/aromatic N) is 1. The standard InChI is InChI=1S/C17H14F3N2O3S4/c1-25-16(26-2)14-7-11(8-27-14)15-21-13(9-28-15)10-3-5-12(6-4-10)22-29(23,24)17(18,19)20/h3-9,22H,1-2H3/q+1. The van der Waals surface area contributed by atoms with E-state index >= 15 is 0 Å². The van der Waals surface area contributed by atoms with Crippen molar-refractivity contribution >= 4 is 55.3 Å². The molecule has 0 bridgehead atoms.